The monoisotopic (exact) mass is 373 g/mol. The molecule has 2 aromatic carbocycles. The fraction of sp³-hybridized carbons (Fsp3) is 0.158. The molecule has 0 heterocycles. The van der Waals surface area contributed by atoms with E-state index in [4.69, 9.17) is 19.3 Å². The number of carboxylic acids is 1. The lowest BCUT2D eigenvalue weighted by molar-refractivity contribution is -0.111. The zero-order valence-electron chi connectivity index (χ0n) is 15.0. The molecule has 0 aliphatic heterocycles. The Bertz CT molecular complexity index is 865. The van der Waals surface area contributed by atoms with E-state index in [1.807, 2.05) is 0 Å². The molecule has 8 nitrogen and oxygen atoms in total. The highest BCUT2D eigenvalue weighted by Gasteiger charge is 2.13. The maximum atomic E-state index is 12.1. The molecule has 0 aliphatic carbocycles. The first-order valence-electron chi connectivity index (χ1n) is 7.75. The summed E-state index contributed by atoms with van der Waals surface area (Å²) in [4.78, 5) is 22.9. The summed E-state index contributed by atoms with van der Waals surface area (Å²) in [6, 6.07) is 6.99. The van der Waals surface area contributed by atoms with Crippen molar-refractivity contribution in [3.8, 4) is 23.0 Å². The molecule has 142 valence electrons. The van der Waals surface area contributed by atoms with E-state index >= 15 is 0 Å². The van der Waals surface area contributed by atoms with Crippen LogP contribution in [0.25, 0.3) is 6.08 Å². The smallest absolute Gasteiger partial charge is 0.335 e. The first kappa shape index (κ1) is 19.6. The summed E-state index contributed by atoms with van der Waals surface area (Å²) in [5, 5.41) is 21.2. The topological polar surface area (TPSA) is 114 Å². The number of carboxylic acid groups (broad SMARTS) is 1. The molecule has 27 heavy (non-hydrogen) atoms. The van der Waals surface area contributed by atoms with Crippen molar-refractivity contribution in [1.29, 1.82) is 0 Å². The van der Waals surface area contributed by atoms with Crippen LogP contribution in [0, 0.1) is 0 Å². The summed E-state index contributed by atoms with van der Waals surface area (Å²) >= 11 is 0. The highest BCUT2D eigenvalue weighted by atomic mass is 16.5. The molecule has 0 spiro atoms. The summed E-state index contributed by atoms with van der Waals surface area (Å²) in [5.41, 5.74) is 0.642. The minimum atomic E-state index is -1.18. The van der Waals surface area contributed by atoms with E-state index in [9.17, 15) is 14.7 Å². The van der Waals surface area contributed by atoms with Crippen LogP contribution in [-0.2, 0) is 4.79 Å². The van der Waals surface area contributed by atoms with Crippen molar-refractivity contribution >= 4 is 23.6 Å². The van der Waals surface area contributed by atoms with E-state index in [2.05, 4.69) is 5.32 Å². The number of rotatable bonds is 7. The normalized spacial score (nSPS) is 10.5. The molecule has 3 N–H and O–H groups in total. The number of hydrogen-bond donors (Lipinski definition) is 3. The predicted octanol–water partition coefficient (Wildman–Crippen LogP) is 2.77. The average molecular weight is 373 g/mol. The molecule has 0 saturated heterocycles. The molecule has 0 atom stereocenters. The summed E-state index contributed by atoms with van der Waals surface area (Å²) < 4.78 is 15.7. The molecule has 0 radical (unpaired) electrons. The molecule has 0 unspecified atom stereocenters. The van der Waals surface area contributed by atoms with Gasteiger partial charge in [-0.25, -0.2) is 4.79 Å². The van der Waals surface area contributed by atoms with Gasteiger partial charge >= 0.3 is 5.97 Å². The average Bonchev–Trinajstić information content (AvgIpc) is 2.66. The van der Waals surface area contributed by atoms with Crippen molar-refractivity contribution < 1.29 is 34.0 Å². The van der Waals surface area contributed by atoms with E-state index in [-0.39, 0.29) is 17.0 Å². The van der Waals surface area contributed by atoms with Crippen molar-refractivity contribution in [3.63, 3.8) is 0 Å². The number of amides is 1. The standard InChI is InChI=1S/C19H19NO7/c1-25-15-8-11(9-16(26-2)18(15)27-3)4-7-17(22)20-13-6-5-12(19(23)24)10-14(13)21/h4-10,21H,1-3H3,(H,20,22)(H,23,24)/b7-4+. The van der Waals surface area contributed by atoms with E-state index < -0.39 is 11.9 Å². The van der Waals surface area contributed by atoms with Crippen molar-refractivity contribution in [2.75, 3.05) is 26.6 Å². The number of methoxy groups -OCH3 is 3. The lowest BCUT2D eigenvalue weighted by Crippen LogP contribution is -2.08. The number of carbonyl (C=O) groups is 2. The van der Waals surface area contributed by atoms with Gasteiger partial charge in [0.05, 0.1) is 32.6 Å². The molecule has 0 aromatic heterocycles. The van der Waals surface area contributed by atoms with Crippen LogP contribution in [-0.4, -0.2) is 43.4 Å². The van der Waals surface area contributed by atoms with E-state index in [1.165, 1.54) is 45.6 Å². The third kappa shape index (κ3) is 4.69. The lowest BCUT2D eigenvalue weighted by Gasteiger charge is -2.12. The maximum Gasteiger partial charge on any atom is 0.335 e. The highest BCUT2D eigenvalue weighted by Crippen LogP contribution is 2.38. The second-order valence-corrected chi connectivity index (χ2v) is 5.32. The molecule has 8 heteroatoms. The van der Waals surface area contributed by atoms with Crippen LogP contribution in [0.1, 0.15) is 15.9 Å². The molecule has 2 rings (SSSR count). The number of anilines is 1. The molecule has 0 fully saturated rings. The van der Waals surface area contributed by atoms with E-state index in [1.54, 1.807) is 12.1 Å². The van der Waals surface area contributed by atoms with E-state index in [0.717, 1.165) is 6.07 Å². The van der Waals surface area contributed by atoms with Gasteiger partial charge in [0.2, 0.25) is 11.7 Å². The van der Waals surface area contributed by atoms with Gasteiger partial charge in [-0.3, -0.25) is 4.79 Å². The number of phenolic OH excluding ortho intramolecular Hbond substituents is 1. The number of benzene rings is 2. The minimum Gasteiger partial charge on any atom is -0.506 e. The fourth-order valence-electron chi connectivity index (χ4n) is 2.31. The van der Waals surface area contributed by atoms with Gasteiger partial charge < -0.3 is 29.7 Å². The van der Waals surface area contributed by atoms with Crippen molar-refractivity contribution in [1.82, 2.24) is 0 Å². The third-order valence-corrected chi connectivity index (χ3v) is 3.62. The van der Waals surface area contributed by atoms with Crippen LogP contribution in [0.2, 0.25) is 0 Å². The zero-order chi connectivity index (χ0) is 20.0. The van der Waals surface area contributed by atoms with Gasteiger partial charge in [0.15, 0.2) is 11.5 Å². The first-order chi connectivity index (χ1) is 12.9. The van der Waals surface area contributed by atoms with Gasteiger partial charge in [0.1, 0.15) is 5.75 Å². The number of aromatic carboxylic acids is 1. The Morgan fingerprint density at radius 3 is 2.11 bits per heavy atom. The van der Waals surface area contributed by atoms with Crippen LogP contribution in [0.15, 0.2) is 36.4 Å². The van der Waals surface area contributed by atoms with Crippen molar-refractivity contribution in [2.45, 2.75) is 0 Å². The van der Waals surface area contributed by atoms with Gasteiger partial charge in [0.25, 0.3) is 0 Å². The Morgan fingerprint density at radius 2 is 1.63 bits per heavy atom. The van der Waals surface area contributed by atoms with Gasteiger partial charge in [-0.2, -0.15) is 0 Å². The first-order valence-corrected chi connectivity index (χ1v) is 7.75. The number of aromatic hydroxyl groups is 1. The van der Waals surface area contributed by atoms with Gasteiger partial charge in [-0.05, 0) is 42.0 Å². The number of hydrogen-bond acceptors (Lipinski definition) is 6. The van der Waals surface area contributed by atoms with Crippen LogP contribution < -0.4 is 19.5 Å². The second-order valence-electron chi connectivity index (χ2n) is 5.32. The molecule has 2 aromatic rings. The highest BCUT2D eigenvalue weighted by molar-refractivity contribution is 6.03. The Balaban J connectivity index is 2.18. The Kier molecular flexibility index (Phi) is 6.27. The van der Waals surface area contributed by atoms with E-state index in [0.29, 0.717) is 22.8 Å². The molecule has 1 amide bonds. The molecule has 0 aliphatic rings. The third-order valence-electron chi connectivity index (χ3n) is 3.62. The summed E-state index contributed by atoms with van der Waals surface area (Å²) in [6.07, 6.45) is 2.79. The number of ether oxygens (including phenoxy) is 3. The summed E-state index contributed by atoms with van der Waals surface area (Å²) in [7, 11) is 4.47. The number of carbonyl (C=O) groups excluding carboxylic acids is 1. The van der Waals surface area contributed by atoms with Crippen LogP contribution in [0.3, 0.4) is 0 Å². The van der Waals surface area contributed by atoms with Crippen molar-refractivity contribution in [3.05, 3.63) is 47.5 Å². The SMILES string of the molecule is COc1cc(/C=C/C(=O)Nc2ccc(C(=O)O)cc2O)cc(OC)c1OC. The largest absolute Gasteiger partial charge is 0.506 e. The Hall–Kier alpha value is -3.68. The van der Waals surface area contributed by atoms with Gasteiger partial charge in [-0.15, -0.1) is 0 Å². The molecular formula is C19H19NO7. The predicted molar refractivity (Wildman–Crippen MR) is 98.8 cm³/mol. The van der Waals surface area contributed by atoms with Crippen LogP contribution in [0.5, 0.6) is 23.0 Å². The van der Waals surface area contributed by atoms with Gasteiger partial charge in [0, 0.05) is 6.08 Å². The fourth-order valence-corrected chi connectivity index (χ4v) is 2.31. The second kappa shape index (κ2) is 8.61. The van der Waals surface area contributed by atoms with Crippen molar-refractivity contribution in [2.24, 2.45) is 0 Å². The molecule has 0 bridgehead atoms. The zero-order valence-corrected chi connectivity index (χ0v) is 15.0. The Labute approximate surface area is 155 Å². The minimum absolute atomic E-state index is 0.0848. The summed E-state index contributed by atoms with van der Waals surface area (Å²) in [6.45, 7) is 0. The van der Waals surface area contributed by atoms with Crippen LogP contribution >= 0.6 is 0 Å². The maximum absolute atomic E-state index is 12.1. The summed E-state index contributed by atoms with van der Waals surface area (Å²) in [5.74, 6) is -0.709. The molecule has 0 saturated carbocycles. The lowest BCUT2D eigenvalue weighted by atomic mass is 10.1. The quantitative estimate of drug-likeness (QED) is 0.505. The number of phenols is 1. The van der Waals surface area contributed by atoms with Crippen LogP contribution in [0.4, 0.5) is 5.69 Å². The van der Waals surface area contributed by atoms with Gasteiger partial charge in [-0.1, -0.05) is 0 Å². The molecular weight excluding hydrogens is 354 g/mol. The Morgan fingerprint density at radius 1 is 1.00 bits per heavy atom. The number of nitrogens with one attached hydrogen (secondary N) is 1.